The van der Waals surface area contributed by atoms with E-state index in [1.807, 2.05) is 54.6 Å². The Hall–Kier alpha value is -3.65. The second-order valence-electron chi connectivity index (χ2n) is 7.92. The summed E-state index contributed by atoms with van der Waals surface area (Å²) in [6.45, 7) is 0. The maximum absolute atomic E-state index is 13.0. The predicted octanol–water partition coefficient (Wildman–Crippen LogP) is 6.07. The van der Waals surface area contributed by atoms with Crippen LogP contribution in [0.3, 0.4) is 0 Å². The Labute approximate surface area is 184 Å². The molecule has 0 radical (unpaired) electrons. The summed E-state index contributed by atoms with van der Waals surface area (Å²) in [6, 6.07) is 34.6. The molecule has 0 aliphatic rings. The lowest BCUT2D eigenvalue weighted by Gasteiger charge is -2.09. The molecule has 0 aliphatic heterocycles. The van der Waals surface area contributed by atoms with Gasteiger partial charge in [0, 0.05) is 16.8 Å². The van der Waals surface area contributed by atoms with Gasteiger partial charge in [0.25, 0.3) is 0 Å². The number of nitrogen functional groups attached to an aromatic ring is 1. The quantitative estimate of drug-likeness (QED) is 0.286. The maximum atomic E-state index is 13.0. The smallest absolute Gasteiger partial charge is 0.195 e. The second kappa shape index (κ2) is 9.90. The number of aryl methyl sites for hydroxylation is 4. The molecule has 2 heteroatoms. The Morgan fingerprint density at radius 2 is 1.00 bits per heavy atom. The van der Waals surface area contributed by atoms with E-state index in [1.165, 1.54) is 16.7 Å². The standard InChI is InChI=1S/C29H27NO/c30-28-21-25(14-13-23-9-5-2-6-10-23)17-20-27(28)29(31)26-18-15-24(16-19-26)12-11-22-7-3-1-4-8-22/h1-10,15-21H,11-14,30H2. The third kappa shape index (κ3) is 5.49. The van der Waals surface area contributed by atoms with Gasteiger partial charge in [0.2, 0.25) is 0 Å². The van der Waals surface area contributed by atoms with Crippen molar-refractivity contribution in [3.63, 3.8) is 0 Å². The Morgan fingerprint density at radius 3 is 1.52 bits per heavy atom. The highest BCUT2D eigenvalue weighted by molar-refractivity contribution is 6.12. The van der Waals surface area contributed by atoms with Gasteiger partial charge < -0.3 is 5.73 Å². The van der Waals surface area contributed by atoms with Crippen molar-refractivity contribution in [3.05, 3.63) is 137 Å². The van der Waals surface area contributed by atoms with E-state index in [-0.39, 0.29) is 5.78 Å². The van der Waals surface area contributed by atoms with Gasteiger partial charge in [-0.05, 0) is 60.1 Å². The maximum Gasteiger partial charge on any atom is 0.195 e. The van der Waals surface area contributed by atoms with Gasteiger partial charge in [-0.2, -0.15) is 0 Å². The molecule has 2 nitrogen and oxygen atoms in total. The van der Waals surface area contributed by atoms with Crippen LogP contribution < -0.4 is 5.73 Å². The summed E-state index contributed by atoms with van der Waals surface area (Å²) >= 11 is 0. The zero-order chi connectivity index (χ0) is 21.5. The Balaban J connectivity index is 1.39. The minimum Gasteiger partial charge on any atom is -0.398 e. The van der Waals surface area contributed by atoms with Crippen LogP contribution in [0.2, 0.25) is 0 Å². The fraction of sp³-hybridized carbons (Fsp3) is 0.138. The first-order chi connectivity index (χ1) is 15.2. The average molecular weight is 406 g/mol. The number of carbonyl (C=O) groups excluding carboxylic acids is 1. The molecule has 2 N–H and O–H groups in total. The first kappa shape index (κ1) is 20.6. The van der Waals surface area contributed by atoms with E-state index in [1.54, 1.807) is 0 Å². The molecule has 0 amide bonds. The molecular weight excluding hydrogens is 378 g/mol. The molecule has 0 saturated carbocycles. The zero-order valence-corrected chi connectivity index (χ0v) is 17.6. The van der Waals surface area contributed by atoms with E-state index in [9.17, 15) is 4.79 Å². The average Bonchev–Trinajstić information content (AvgIpc) is 2.83. The van der Waals surface area contributed by atoms with Crippen molar-refractivity contribution < 1.29 is 4.79 Å². The van der Waals surface area contributed by atoms with Gasteiger partial charge in [0.05, 0.1) is 0 Å². The van der Waals surface area contributed by atoms with Crippen molar-refractivity contribution in [1.82, 2.24) is 0 Å². The van der Waals surface area contributed by atoms with E-state index < -0.39 is 0 Å². The topological polar surface area (TPSA) is 43.1 Å². The minimum absolute atomic E-state index is 0.0262. The van der Waals surface area contributed by atoms with Crippen LogP contribution in [0.15, 0.2) is 103 Å². The summed E-state index contributed by atoms with van der Waals surface area (Å²) in [4.78, 5) is 13.0. The van der Waals surface area contributed by atoms with Gasteiger partial charge in [-0.15, -0.1) is 0 Å². The van der Waals surface area contributed by atoms with E-state index in [2.05, 4.69) is 48.5 Å². The summed E-state index contributed by atoms with van der Waals surface area (Å²) in [5, 5.41) is 0. The monoisotopic (exact) mass is 405 g/mol. The molecule has 0 atom stereocenters. The molecule has 31 heavy (non-hydrogen) atoms. The van der Waals surface area contributed by atoms with Crippen molar-refractivity contribution >= 4 is 11.5 Å². The zero-order valence-electron chi connectivity index (χ0n) is 17.6. The number of carbonyl (C=O) groups is 1. The number of anilines is 1. The summed E-state index contributed by atoms with van der Waals surface area (Å²) in [5.41, 5.74) is 13.0. The predicted molar refractivity (Wildman–Crippen MR) is 128 cm³/mol. The lowest BCUT2D eigenvalue weighted by molar-refractivity contribution is 0.103. The van der Waals surface area contributed by atoms with Crippen molar-refractivity contribution in [2.24, 2.45) is 0 Å². The molecular formula is C29H27NO. The van der Waals surface area contributed by atoms with Crippen LogP contribution in [0.1, 0.15) is 38.2 Å². The molecule has 0 unspecified atom stereocenters. The van der Waals surface area contributed by atoms with Crippen LogP contribution in [0.25, 0.3) is 0 Å². The molecule has 0 spiro atoms. The molecule has 4 rings (SSSR count). The largest absolute Gasteiger partial charge is 0.398 e. The van der Waals surface area contributed by atoms with Gasteiger partial charge in [0.15, 0.2) is 5.78 Å². The molecule has 0 heterocycles. The molecule has 0 aliphatic carbocycles. The van der Waals surface area contributed by atoms with Crippen molar-refractivity contribution in [3.8, 4) is 0 Å². The van der Waals surface area contributed by atoms with Crippen molar-refractivity contribution in [2.45, 2.75) is 25.7 Å². The first-order valence-electron chi connectivity index (χ1n) is 10.8. The normalized spacial score (nSPS) is 10.7. The van der Waals surface area contributed by atoms with Crippen LogP contribution in [-0.2, 0) is 25.7 Å². The Morgan fingerprint density at radius 1 is 0.548 bits per heavy atom. The van der Waals surface area contributed by atoms with Crippen LogP contribution in [0.4, 0.5) is 5.69 Å². The highest BCUT2D eigenvalue weighted by atomic mass is 16.1. The van der Waals surface area contributed by atoms with Gasteiger partial charge in [-0.25, -0.2) is 0 Å². The van der Waals surface area contributed by atoms with Gasteiger partial charge in [-0.1, -0.05) is 91.0 Å². The van der Waals surface area contributed by atoms with E-state index in [0.29, 0.717) is 16.8 Å². The number of ketones is 1. The van der Waals surface area contributed by atoms with Gasteiger partial charge >= 0.3 is 0 Å². The SMILES string of the molecule is Nc1cc(CCc2ccccc2)ccc1C(=O)c1ccc(CCc2ccccc2)cc1. The molecule has 4 aromatic carbocycles. The summed E-state index contributed by atoms with van der Waals surface area (Å²) in [6.07, 6.45) is 3.80. The van der Waals surface area contributed by atoms with Gasteiger partial charge in [0.1, 0.15) is 0 Å². The Kier molecular flexibility index (Phi) is 6.59. The van der Waals surface area contributed by atoms with E-state index >= 15 is 0 Å². The Bertz CT molecular complexity index is 1130. The fourth-order valence-electron chi connectivity index (χ4n) is 3.82. The van der Waals surface area contributed by atoms with Crippen LogP contribution >= 0.6 is 0 Å². The number of hydrogen-bond acceptors (Lipinski definition) is 2. The molecule has 0 aromatic heterocycles. The summed E-state index contributed by atoms with van der Waals surface area (Å²) < 4.78 is 0. The summed E-state index contributed by atoms with van der Waals surface area (Å²) in [5.74, 6) is -0.0262. The third-order valence-electron chi connectivity index (χ3n) is 5.67. The highest BCUT2D eigenvalue weighted by Crippen LogP contribution is 2.20. The highest BCUT2D eigenvalue weighted by Gasteiger charge is 2.13. The first-order valence-corrected chi connectivity index (χ1v) is 10.8. The van der Waals surface area contributed by atoms with E-state index in [0.717, 1.165) is 31.2 Å². The number of rotatable bonds is 8. The third-order valence-corrected chi connectivity index (χ3v) is 5.67. The second-order valence-corrected chi connectivity index (χ2v) is 7.92. The lowest BCUT2D eigenvalue weighted by Crippen LogP contribution is -2.06. The van der Waals surface area contributed by atoms with Crippen LogP contribution in [0.5, 0.6) is 0 Å². The number of benzene rings is 4. The van der Waals surface area contributed by atoms with Crippen molar-refractivity contribution in [1.29, 1.82) is 0 Å². The van der Waals surface area contributed by atoms with Crippen LogP contribution in [-0.4, -0.2) is 5.78 Å². The molecule has 4 aromatic rings. The van der Waals surface area contributed by atoms with Gasteiger partial charge in [-0.3, -0.25) is 4.79 Å². The molecule has 0 fully saturated rings. The molecule has 154 valence electrons. The number of nitrogens with two attached hydrogens (primary N) is 1. The van der Waals surface area contributed by atoms with Crippen LogP contribution in [0, 0.1) is 0 Å². The molecule has 0 bridgehead atoms. The number of hydrogen-bond donors (Lipinski definition) is 1. The van der Waals surface area contributed by atoms with E-state index in [4.69, 9.17) is 5.73 Å². The summed E-state index contributed by atoms with van der Waals surface area (Å²) in [7, 11) is 0. The fourth-order valence-corrected chi connectivity index (χ4v) is 3.82. The molecule has 0 saturated heterocycles. The van der Waals surface area contributed by atoms with Crippen molar-refractivity contribution in [2.75, 3.05) is 5.73 Å². The minimum atomic E-state index is -0.0262. The lowest BCUT2D eigenvalue weighted by atomic mass is 9.96.